The Balaban J connectivity index is 2.24. The average molecular weight is 353 g/mol. The summed E-state index contributed by atoms with van der Waals surface area (Å²) >= 11 is 0. The molecule has 0 aliphatic rings. The first-order chi connectivity index (χ1) is 12.6. The molecule has 0 N–H and O–H groups in total. The quantitative estimate of drug-likeness (QED) is 0.280. The molecule has 0 saturated heterocycles. The Morgan fingerprint density at radius 3 is 2.27 bits per heavy atom. The lowest BCUT2D eigenvalue weighted by molar-refractivity contribution is -0.161. The highest BCUT2D eigenvalue weighted by molar-refractivity contribution is 5.76. The van der Waals surface area contributed by atoms with E-state index in [0.717, 1.165) is 5.56 Å². The second-order valence-corrected chi connectivity index (χ2v) is 6.30. The van der Waals surface area contributed by atoms with Gasteiger partial charge in [-0.2, -0.15) is 0 Å². The van der Waals surface area contributed by atoms with E-state index in [0.29, 0.717) is 5.56 Å². The van der Waals surface area contributed by atoms with E-state index in [1.807, 2.05) is 62.4 Å². The fourth-order valence-corrected chi connectivity index (χ4v) is 2.39. The van der Waals surface area contributed by atoms with Crippen molar-refractivity contribution in [2.45, 2.75) is 32.6 Å². The fraction of sp³-hybridized carbons (Fsp3) is 0.350. The first-order valence-corrected chi connectivity index (χ1v) is 8.53. The summed E-state index contributed by atoms with van der Waals surface area (Å²) in [6.45, 7) is 4.40. The summed E-state index contributed by atoms with van der Waals surface area (Å²) in [7, 11) is 0. The van der Waals surface area contributed by atoms with Gasteiger partial charge in [-0.25, -0.2) is 4.79 Å². The number of azide groups is 1. The van der Waals surface area contributed by atoms with Gasteiger partial charge in [-0.15, -0.1) is 0 Å². The summed E-state index contributed by atoms with van der Waals surface area (Å²) in [6.07, 6.45) is -1.02. The molecular weight excluding hydrogens is 330 g/mol. The Morgan fingerprint density at radius 2 is 1.69 bits per heavy atom. The largest absolute Gasteiger partial charge is 0.463 e. The van der Waals surface area contributed by atoms with Gasteiger partial charge in [0.2, 0.25) is 0 Å². The Labute approximate surface area is 153 Å². The topological polar surface area (TPSA) is 84.3 Å². The summed E-state index contributed by atoms with van der Waals surface area (Å²) < 4.78 is 11.2. The molecule has 2 atom stereocenters. The number of ether oxygens (including phenoxy) is 2. The number of nitrogens with zero attached hydrogens (tertiary/aromatic N) is 3. The van der Waals surface area contributed by atoms with Gasteiger partial charge < -0.3 is 9.47 Å². The summed E-state index contributed by atoms with van der Waals surface area (Å²) in [4.78, 5) is 15.5. The van der Waals surface area contributed by atoms with Crippen LogP contribution in [-0.2, 0) is 20.9 Å². The van der Waals surface area contributed by atoms with Crippen LogP contribution in [-0.4, -0.2) is 18.7 Å². The Kier molecular flexibility index (Phi) is 7.68. The molecule has 136 valence electrons. The highest BCUT2D eigenvalue weighted by Crippen LogP contribution is 2.26. The van der Waals surface area contributed by atoms with E-state index in [1.165, 1.54) is 0 Å². The van der Waals surface area contributed by atoms with Crippen LogP contribution < -0.4 is 0 Å². The zero-order chi connectivity index (χ0) is 18.8. The molecule has 6 nitrogen and oxygen atoms in total. The van der Waals surface area contributed by atoms with E-state index < -0.39 is 18.1 Å². The van der Waals surface area contributed by atoms with Crippen molar-refractivity contribution in [1.29, 1.82) is 0 Å². The lowest BCUT2D eigenvalue weighted by Gasteiger charge is -2.23. The van der Waals surface area contributed by atoms with Crippen molar-refractivity contribution in [3.8, 4) is 0 Å². The maximum absolute atomic E-state index is 12.6. The molecule has 0 bridgehead atoms. The molecule has 0 radical (unpaired) electrons. The molecule has 0 aromatic heterocycles. The van der Waals surface area contributed by atoms with Gasteiger partial charge in [0.1, 0.15) is 0 Å². The summed E-state index contributed by atoms with van der Waals surface area (Å²) in [5, 5.41) is 3.81. The van der Waals surface area contributed by atoms with Crippen molar-refractivity contribution in [3.05, 3.63) is 82.2 Å². The van der Waals surface area contributed by atoms with Crippen LogP contribution in [0.5, 0.6) is 0 Å². The van der Waals surface area contributed by atoms with Crippen LogP contribution >= 0.6 is 0 Å². The fourth-order valence-electron chi connectivity index (χ4n) is 2.39. The van der Waals surface area contributed by atoms with Crippen LogP contribution in [0.3, 0.4) is 0 Å². The minimum Gasteiger partial charge on any atom is -0.463 e. The molecule has 0 amide bonds. The summed E-state index contributed by atoms with van der Waals surface area (Å²) in [5.74, 6) is -0.334. The van der Waals surface area contributed by atoms with Gasteiger partial charge in [0.05, 0.1) is 19.3 Å². The molecule has 0 aliphatic carbocycles. The third-order valence-electron chi connectivity index (χ3n) is 3.67. The number of hydrogen-bond acceptors (Lipinski definition) is 4. The van der Waals surface area contributed by atoms with E-state index in [-0.39, 0.29) is 19.1 Å². The molecule has 2 aromatic rings. The maximum atomic E-state index is 12.6. The number of esters is 1. The van der Waals surface area contributed by atoms with Gasteiger partial charge in [0.25, 0.3) is 0 Å². The zero-order valence-electron chi connectivity index (χ0n) is 15.0. The second-order valence-electron chi connectivity index (χ2n) is 6.30. The van der Waals surface area contributed by atoms with E-state index in [2.05, 4.69) is 10.0 Å². The minimum atomic E-state index is -1.02. The summed E-state index contributed by atoms with van der Waals surface area (Å²) in [5.41, 5.74) is 10.6. The van der Waals surface area contributed by atoms with Crippen molar-refractivity contribution in [1.82, 2.24) is 0 Å². The number of carbonyl (C=O) groups excluding carboxylic acids is 1. The third kappa shape index (κ3) is 5.92. The molecule has 2 rings (SSSR count). The first kappa shape index (κ1) is 19.5. The van der Waals surface area contributed by atoms with Crippen molar-refractivity contribution >= 4 is 5.97 Å². The molecule has 6 heteroatoms. The van der Waals surface area contributed by atoms with Gasteiger partial charge in [-0.05, 0) is 22.6 Å². The first-order valence-electron chi connectivity index (χ1n) is 8.53. The van der Waals surface area contributed by atoms with Crippen LogP contribution in [0.25, 0.3) is 10.4 Å². The standard InChI is InChI=1S/C20H23N3O3/c1-15(2)13-26-20(24)19(25-14-16-9-5-3-6-10-16)18(22-23-21)17-11-7-4-8-12-17/h3-12,15,18-19H,13-14H2,1-2H3/t18-,19-/m0/s1. The predicted molar refractivity (Wildman–Crippen MR) is 99.1 cm³/mol. The third-order valence-corrected chi connectivity index (χ3v) is 3.67. The smallest absolute Gasteiger partial charge is 0.336 e. The monoisotopic (exact) mass is 353 g/mol. The van der Waals surface area contributed by atoms with Crippen molar-refractivity contribution in [2.75, 3.05) is 6.61 Å². The van der Waals surface area contributed by atoms with Gasteiger partial charge in [0, 0.05) is 4.91 Å². The maximum Gasteiger partial charge on any atom is 0.336 e. The van der Waals surface area contributed by atoms with Gasteiger partial charge in [0.15, 0.2) is 6.10 Å². The Bertz CT molecular complexity index is 728. The van der Waals surface area contributed by atoms with Crippen LogP contribution in [0.2, 0.25) is 0 Å². The second kappa shape index (κ2) is 10.2. The molecule has 0 saturated carbocycles. The number of rotatable bonds is 9. The van der Waals surface area contributed by atoms with Crippen LogP contribution in [0.1, 0.15) is 31.0 Å². The van der Waals surface area contributed by atoms with Crippen LogP contribution in [0.4, 0.5) is 0 Å². The van der Waals surface area contributed by atoms with Gasteiger partial charge >= 0.3 is 5.97 Å². The van der Waals surface area contributed by atoms with Gasteiger partial charge in [-0.1, -0.05) is 79.6 Å². The van der Waals surface area contributed by atoms with Crippen LogP contribution in [0, 0.1) is 5.92 Å². The van der Waals surface area contributed by atoms with E-state index in [1.54, 1.807) is 12.1 Å². The van der Waals surface area contributed by atoms with Crippen molar-refractivity contribution in [3.63, 3.8) is 0 Å². The Hall–Kier alpha value is -2.82. The normalized spacial score (nSPS) is 12.9. The molecule has 0 unspecified atom stereocenters. The molecule has 26 heavy (non-hydrogen) atoms. The van der Waals surface area contributed by atoms with E-state index >= 15 is 0 Å². The predicted octanol–water partition coefficient (Wildman–Crippen LogP) is 4.82. The number of carbonyl (C=O) groups is 1. The number of benzene rings is 2. The number of hydrogen-bond donors (Lipinski definition) is 0. The van der Waals surface area contributed by atoms with E-state index in [4.69, 9.17) is 15.0 Å². The molecule has 0 fully saturated rings. The summed E-state index contributed by atoms with van der Waals surface area (Å²) in [6, 6.07) is 17.8. The van der Waals surface area contributed by atoms with Crippen molar-refractivity contribution in [2.24, 2.45) is 11.0 Å². The Morgan fingerprint density at radius 1 is 1.08 bits per heavy atom. The SMILES string of the molecule is CC(C)COC(=O)[C@@H](OCc1ccccc1)[C@@H](N=[N+]=[N-])c1ccccc1. The zero-order valence-corrected chi connectivity index (χ0v) is 15.0. The average Bonchev–Trinajstić information content (AvgIpc) is 2.67. The molecule has 0 aliphatic heterocycles. The van der Waals surface area contributed by atoms with E-state index in [9.17, 15) is 4.79 Å². The molecular formula is C20H23N3O3. The highest BCUT2D eigenvalue weighted by Gasteiger charge is 2.31. The lowest BCUT2D eigenvalue weighted by Crippen LogP contribution is -2.33. The minimum absolute atomic E-state index is 0.198. The highest BCUT2D eigenvalue weighted by atomic mass is 16.6. The molecule has 0 heterocycles. The lowest BCUT2D eigenvalue weighted by atomic mass is 10.0. The van der Waals surface area contributed by atoms with Crippen molar-refractivity contribution < 1.29 is 14.3 Å². The molecule has 2 aromatic carbocycles. The van der Waals surface area contributed by atoms with Crippen LogP contribution in [0.15, 0.2) is 65.8 Å². The molecule has 0 spiro atoms. The van der Waals surface area contributed by atoms with Gasteiger partial charge in [-0.3, -0.25) is 0 Å².